The van der Waals surface area contributed by atoms with Gasteiger partial charge in [0, 0.05) is 38.3 Å². The summed E-state index contributed by atoms with van der Waals surface area (Å²) in [6.07, 6.45) is 0.938. The lowest BCUT2D eigenvalue weighted by Crippen LogP contribution is -2.19. The number of methoxy groups -OCH3 is 1. The molecule has 0 atom stereocenters. The fourth-order valence-corrected chi connectivity index (χ4v) is 2.42. The maximum Gasteiger partial charge on any atom is 0.0700 e. The van der Waals surface area contributed by atoms with Crippen molar-refractivity contribution in [3.05, 3.63) is 21.9 Å². The second-order valence-electron chi connectivity index (χ2n) is 4.27. The van der Waals surface area contributed by atoms with Gasteiger partial charge in [-0.2, -0.15) is 0 Å². The molecule has 1 N–H and O–H groups in total. The van der Waals surface area contributed by atoms with Crippen LogP contribution in [-0.2, 0) is 20.8 Å². The molecule has 4 nitrogen and oxygen atoms in total. The Morgan fingerprint density at radius 2 is 1.89 bits per heavy atom. The first-order chi connectivity index (χ1) is 9.34. The topological polar surface area (TPSA) is 39.7 Å². The normalized spacial score (nSPS) is 11.1. The summed E-state index contributed by atoms with van der Waals surface area (Å²) in [7, 11) is 1.68. The van der Waals surface area contributed by atoms with Crippen LogP contribution < -0.4 is 5.32 Å². The first kappa shape index (κ1) is 16.6. The first-order valence-corrected chi connectivity index (χ1v) is 7.60. The molecule has 1 heterocycles. The molecule has 19 heavy (non-hydrogen) atoms. The Morgan fingerprint density at radius 1 is 1.11 bits per heavy atom. The second-order valence-corrected chi connectivity index (χ2v) is 5.28. The zero-order valence-corrected chi connectivity index (χ0v) is 12.8. The molecule has 0 saturated carbocycles. The smallest absolute Gasteiger partial charge is 0.0700 e. The summed E-state index contributed by atoms with van der Waals surface area (Å²) in [5.74, 6) is 0. The van der Waals surface area contributed by atoms with Crippen LogP contribution in [0.3, 0.4) is 0 Å². The largest absolute Gasteiger partial charge is 0.382 e. The number of ether oxygens (including phenoxy) is 3. The zero-order chi connectivity index (χ0) is 13.8. The molecule has 0 aliphatic rings. The fourth-order valence-electron chi connectivity index (χ4n) is 1.54. The minimum Gasteiger partial charge on any atom is -0.382 e. The lowest BCUT2D eigenvalue weighted by atomic mass is 10.3. The van der Waals surface area contributed by atoms with Crippen LogP contribution in [0.2, 0.25) is 0 Å². The molecule has 0 aromatic carbocycles. The second kappa shape index (κ2) is 11.4. The standard InChI is InChI=1S/C14H25NO3S/c1-13-4-11-19-14(13)12-15-5-8-17-6-3-7-18-10-9-16-2/h4,11,15H,3,5-10,12H2,1-2H3. The van der Waals surface area contributed by atoms with Gasteiger partial charge in [-0.05, 0) is 30.4 Å². The quantitative estimate of drug-likeness (QED) is 0.598. The Labute approximate surface area is 120 Å². The lowest BCUT2D eigenvalue weighted by Gasteiger charge is -2.06. The molecular weight excluding hydrogens is 262 g/mol. The van der Waals surface area contributed by atoms with E-state index < -0.39 is 0 Å². The number of hydrogen-bond donors (Lipinski definition) is 1. The highest BCUT2D eigenvalue weighted by Crippen LogP contribution is 2.14. The third-order valence-electron chi connectivity index (χ3n) is 2.69. The van der Waals surface area contributed by atoms with E-state index in [9.17, 15) is 0 Å². The van der Waals surface area contributed by atoms with Crippen molar-refractivity contribution < 1.29 is 14.2 Å². The average Bonchev–Trinajstić information content (AvgIpc) is 2.82. The fraction of sp³-hybridized carbons (Fsp3) is 0.714. The van der Waals surface area contributed by atoms with Gasteiger partial charge in [0.05, 0.1) is 19.8 Å². The van der Waals surface area contributed by atoms with Gasteiger partial charge < -0.3 is 19.5 Å². The minimum atomic E-state index is 0.660. The van der Waals surface area contributed by atoms with Gasteiger partial charge in [0.15, 0.2) is 0 Å². The highest BCUT2D eigenvalue weighted by Gasteiger charge is 1.98. The predicted molar refractivity (Wildman–Crippen MR) is 78.9 cm³/mol. The van der Waals surface area contributed by atoms with Crippen LogP contribution in [0.4, 0.5) is 0 Å². The molecule has 0 spiro atoms. The summed E-state index contributed by atoms with van der Waals surface area (Å²) in [5.41, 5.74) is 1.37. The number of aryl methyl sites for hydroxylation is 1. The van der Waals surface area contributed by atoms with E-state index in [2.05, 4.69) is 23.7 Å². The van der Waals surface area contributed by atoms with Crippen molar-refractivity contribution in [1.29, 1.82) is 0 Å². The maximum atomic E-state index is 5.52. The van der Waals surface area contributed by atoms with Crippen LogP contribution >= 0.6 is 11.3 Å². The third-order valence-corrected chi connectivity index (χ3v) is 3.71. The van der Waals surface area contributed by atoms with Gasteiger partial charge in [-0.15, -0.1) is 11.3 Å². The monoisotopic (exact) mass is 287 g/mol. The van der Waals surface area contributed by atoms with Gasteiger partial charge in [0.2, 0.25) is 0 Å². The van der Waals surface area contributed by atoms with Gasteiger partial charge in [-0.25, -0.2) is 0 Å². The summed E-state index contributed by atoms with van der Waals surface area (Å²) in [4.78, 5) is 1.41. The molecular formula is C14H25NO3S. The predicted octanol–water partition coefficient (Wildman–Crippen LogP) is 2.22. The number of nitrogens with one attached hydrogen (secondary N) is 1. The minimum absolute atomic E-state index is 0.660. The van der Waals surface area contributed by atoms with Crippen molar-refractivity contribution in [3.8, 4) is 0 Å². The molecule has 0 bridgehead atoms. The molecule has 1 rings (SSSR count). The van der Waals surface area contributed by atoms with E-state index >= 15 is 0 Å². The molecule has 0 unspecified atom stereocenters. The first-order valence-electron chi connectivity index (χ1n) is 6.72. The van der Waals surface area contributed by atoms with E-state index in [0.717, 1.165) is 39.3 Å². The van der Waals surface area contributed by atoms with Crippen LogP contribution in [0, 0.1) is 6.92 Å². The van der Waals surface area contributed by atoms with Gasteiger partial charge in [0.1, 0.15) is 0 Å². The SMILES string of the molecule is COCCOCCCOCCNCc1sccc1C. The van der Waals surface area contributed by atoms with E-state index in [0.29, 0.717) is 13.2 Å². The molecule has 1 aromatic rings. The van der Waals surface area contributed by atoms with E-state index in [4.69, 9.17) is 14.2 Å². The van der Waals surface area contributed by atoms with Crippen LogP contribution in [-0.4, -0.2) is 46.7 Å². The van der Waals surface area contributed by atoms with Crippen molar-refractivity contribution in [2.24, 2.45) is 0 Å². The van der Waals surface area contributed by atoms with E-state index in [1.54, 1.807) is 18.4 Å². The van der Waals surface area contributed by atoms with Crippen molar-refractivity contribution in [1.82, 2.24) is 5.32 Å². The van der Waals surface area contributed by atoms with Crippen LogP contribution in [0.25, 0.3) is 0 Å². The lowest BCUT2D eigenvalue weighted by molar-refractivity contribution is 0.0518. The van der Waals surface area contributed by atoms with Crippen LogP contribution in [0.1, 0.15) is 16.9 Å². The van der Waals surface area contributed by atoms with Gasteiger partial charge in [-0.1, -0.05) is 0 Å². The van der Waals surface area contributed by atoms with Gasteiger partial charge in [0.25, 0.3) is 0 Å². The number of hydrogen-bond acceptors (Lipinski definition) is 5. The van der Waals surface area contributed by atoms with Crippen molar-refractivity contribution in [2.45, 2.75) is 19.9 Å². The summed E-state index contributed by atoms with van der Waals surface area (Å²) in [6.45, 7) is 7.55. The average molecular weight is 287 g/mol. The molecule has 110 valence electrons. The van der Waals surface area contributed by atoms with E-state index in [-0.39, 0.29) is 0 Å². The van der Waals surface area contributed by atoms with Crippen LogP contribution in [0.15, 0.2) is 11.4 Å². The highest BCUT2D eigenvalue weighted by atomic mass is 32.1. The van der Waals surface area contributed by atoms with E-state index in [1.165, 1.54) is 10.4 Å². The zero-order valence-electron chi connectivity index (χ0n) is 11.9. The third kappa shape index (κ3) is 8.34. The van der Waals surface area contributed by atoms with Crippen molar-refractivity contribution >= 4 is 11.3 Å². The molecule has 0 aliphatic carbocycles. The summed E-state index contributed by atoms with van der Waals surface area (Å²) < 4.78 is 15.8. The Hall–Kier alpha value is -0.460. The maximum absolute atomic E-state index is 5.52. The molecule has 0 radical (unpaired) electrons. The summed E-state index contributed by atoms with van der Waals surface area (Å²) in [5, 5.41) is 5.52. The van der Waals surface area contributed by atoms with Crippen LogP contribution in [0.5, 0.6) is 0 Å². The Bertz CT molecular complexity index is 317. The summed E-state index contributed by atoms with van der Waals surface area (Å²) in [6, 6.07) is 2.15. The van der Waals surface area contributed by atoms with Gasteiger partial charge in [-0.3, -0.25) is 0 Å². The number of rotatable bonds is 12. The van der Waals surface area contributed by atoms with Crippen molar-refractivity contribution in [2.75, 3.05) is 46.7 Å². The molecule has 0 aliphatic heterocycles. The van der Waals surface area contributed by atoms with E-state index in [1.807, 2.05) is 0 Å². The molecule has 0 saturated heterocycles. The molecule has 1 aromatic heterocycles. The summed E-state index contributed by atoms with van der Waals surface area (Å²) >= 11 is 1.80. The molecule has 5 heteroatoms. The molecule has 0 amide bonds. The Morgan fingerprint density at radius 3 is 2.58 bits per heavy atom. The Kier molecular flexibility index (Phi) is 9.93. The number of thiophene rings is 1. The molecule has 0 fully saturated rings. The van der Waals surface area contributed by atoms with Crippen molar-refractivity contribution in [3.63, 3.8) is 0 Å². The highest BCUT2D eigenvalue weighted by molar-refractivity contribution is 7.10. The Balaban J connectivity index is 1.80. The van der Waals surface area contributed by atoms with Gasteiger partial charge >= 0.3 is 0 Å².